The molecule has 0 bridgehead atoms. The Kier molecular flexibility index (Phi) is 2.27. The lowest BCUT2D eigenvalue weighted by molar-refractivity contribution is 1.10. The zero-order chi connectivity index (χ0) is 11.0. The Bertz CT molecular complexity index is 638. The second-order valence-corrected chi connectivity index (χ2v) is 4.30. The Labute approximate surface area is 100.0 Å². The van der Waals surface area contributed by atoms with Crippen molar-refractivity contribution in [2.45, 2.75) is 0 Å². The van der Waals surface area contributed by atoms with Crippen LogP contribution in [0.5, 0.6) is 0 Å². The minimum atomic E-state index is 0.439. The van der Waals surface area contributed by atoms with E-state index >= 15 is 0 Å². The predicted molar refractivity (Wildman–Crippen MR) is 63.5 cm³/mol. The number of fused-ring (bicyclic) bond motifs is 1. The minimum absolute atomic E-state index is 0.439. The van der Waals surface area contributed by atoms with Gasteiger partial charge < -0.3 is 0 Å². The van der Waals surface area contributed by atoms with Crippen molar-refractivity contribution in [2.24, 2.45) is 0 Å². The van der Waals surface area contributed by atoms with E-state index < -0.39 is 0 Å². The summed E-state index contributed by atoms with van der Waals surface area (Å²) in [5, 5.41) is 3.24. The fraction of sp³-hybridized carbons (Fsp3) is 0. The predicted octanol–water partition coefficient (Wildman–Crippen LogP) is 2.80. The van der Waals surface area contributed by atoms with Crippen molar-refractivity contribution >= 4 is 33.2 Å². The lowest BCUT2D eigenvalue weighted by Gasteiger charge is -1.99. The van der Waals surface area contributed by atoms with Gasteiger partial charge in [-0.2, -0.15) is 0 Å². The Morgan fingerprint density at radius 3 is 2.69 bits per heavy atom. The van der Waals surface area contributed by atoms with Gasteiger partial charge in [0.25, 0.3) is 0 Å². The smallest absolute Gasteiger partial charge is 0.200 e. The zero-order valence-electron chi connectivity index (χ0n) is 7.96. The van der Waals surface area contributed by atoms with Gasteiger partial charge in [0.1, 0.15) is 9.98 Å². The maximum absolute atomic E-state index is 6.05. The third kappa shape index (κ3) is 1.54. The number of thiophene rings is 1. The molecule has 0 aliphatic carbocycles. The summed E-state index contributed by atoms with van der Waals surface area (Å²) in [4.78, 5) is 17.6. The molecule has 16 heavy (non-hydrogen) atoms. The van der Waals surface area contributed by atoms with Crippen molar-refractivity contribution in [3.63, 3.8) is 0 Å². The van der Waals surface area contributed by atoms with Crippen molar-refractivity contribution < 1.29 is 0 Å². The van der Waals surface area contributed by atoms with E-state index in [2.05, 4.69) is 19.9 Å². The van der Waals surface area contributed by atoms with Gasteiger partial charge in [0.2, 0.25) is 5.82 Å². The molecule has 3 heterocycles. The molecule has 0 aliphatic heterocycles. The van der Waals surface area contributed by atoms with Crippen LogP contribution in [0, 0.1) is 0 Å². The standard InChI is InChI=1S/C10H5ClN4S/c11-7-6-2-5-16-10(6)15-9(14-7)8-12-3-1-4-13-8/h1-5H. The third-order valence-electron chi connectivity index (χ3n) is 2.04. The SMILES string of the molecule is Clc1nc(-c2ncccn2)nc2sccc12. The van der Waals surface area contributed by atoms with E-state index in [9.17, 15) is 0 Å². The van der Waals surface area contributed by atoms with E-state index in [1.165, 1.54) is 11.3 Å². The maximum atomic E-state index is 6.05. The van der Waals surface area contributed by atoms with Crippen LogP contribution in [0.15, 0.2) is 29.9 Å². The Hall–Kier alpha value is -1.59. The summed E-state index contributed by atoms with van der Waals surface area (Å²) in [6.45, 7) is 0. The number of hydrogen-bond acceptors (Lipinski definition) is 5. The van der Waals surface area contributed by atoms with Crippen molar-refractivity contribution in [2.75, 3.05) is 0 Å². The first-order chi connectivity index (χ1) is 7.84. The van der Waals surface area contributed by atoms with Crippen LogP contribution >= 0.6 is 22.9 Å². The van der Waals surface area contributed by atoms with Crippen LogP contribution in [0.2, 0.25) is 5.15 Å². The van der Waals surface area contributed by atoms with Crippen LogP contribution in [0.4, 0.5) is 0 Å². The number of halogens is 1. The van der Waals surface area contributed by atoms with Crippen LogP contribution < -0.4 is 0 Å². The monoisotopic (exact) mass is 248 g/mol. The lowest BCUT2D eigenvalue weighted by Crippen LogP contribution is -1.94. The van der Waals surface area contributed by atoms with Gasteiger partial charge in [-0.15, -0.1) is 11.3 Å². The highest BCUT2D eigenvalue weighted by Gasteiger charge is 2.09. The molecule has 0 saturated carbocycles. The molecular weight excluding hydrogens is 244 g/mol. The average molecular weight is 249 g/mol. The van der Waals surface area contributed by atoms with Gasteiger partial charge in [-0.05, 0) is 17.5 Å². The van der Waals surface area contributed by atoms with E-state index in [4.69, 9.17) is 11.6 Å². The molecule has 78 valence electrons. The second-order valence-electron chi connectivity index (χ2n) is 3.05. The van der Waals surface area contributed by atoms with Gasteiger partial charge in [-0.1, -0.05) is 11.6 Å². The first-order valence-corrected chi connectivity index (χ1v) is 5.78. The number of rotatable bonds is 1. The van der Waals surface area contributed by atoms with E-state index in [-0.39, 0.29) is 0 Å². The molecule has 0 saturated heterocycles. The van der Waals surface area contributed by atoms with Gasteiger partial charge in [0.15, 0.2) is 5.82 Å². The van der Waals surface area contributed by atoms with E-state index in [0.29, 0.717) is 16.8 Å². The summed E-state index contributed by atoms with van der Waals surface area (Å²) in [5.74, 6) is 0.945. The molecule has 0 aromatic carbocycles. The van der Waals surface area contributed by atoms with Crippen molar-refractivity contribution in [3.05, 3.63) is 35.1 Å². The molecule has 0 N–H and O–H groups in total. The van der Waals surface area contributed by atoms with E-state index in [1.807, 2.05) is 11.4 Å². The highest BCUT2D eigenvalue weighted by Crippen LogP contribution is 2.26. The molecule has 0 radical (unpaired) electrons. The highest BCUT2D eigenvalue weighted by atomic mass is 35.5. The van der Waals surface area contributed by atoms with Gasteiger partial charge in [-0.3, -0.25) is 0 Å². The van der Waals surface area contributed by atoms with Gasteiger partial charge in [-0.25, -0.2) is 19.9 Å². The molecule has 3 aromatic heterocycles. The molecule has 3 rings (SSSR count). The number of hydrogen-bond donors (Lipinski definition) is 0. The molecule has 0 fully saturated rings. The molecule has 0 amide bonds. The molecule has 0 atom stereocenters. The summed E-state index contributed by atoms with van der Waals surface area (Å²) in [6.07, 6.45) is 3.30. The summed E-state index contributed by atoms with van der Waals surface area (Å²) in [7, 11) is 0. The largest absolute Gasteiger partial charge is 0.234 e. The second kappa shape index (κ2) is 3.77. The van der Waals surface area contributed by atoms with E-state index in [1.54, 1.807) is 18.5 Å². The first-order valence-electron chi connectivity index (χ1n) is 4.53. The molecule has 4 nitrogen and oxygen atoms in total. The van der Waals surface area contributed by atoms with Gasteiger partial charge in [0.05, 0.1) is 0 Å². The molecule has 6 heteroatoms. The summed E-state index contributed by atoms with van der Waals surface area (Å²) < 4.78 is 0. The fourth-order valence-corrected chi connectivity index (χ4v) is 2.39. The van der Waals surface area contributed by atoms with Crippen molar-refractivity contribution in [3.8, 4) is 11.6 Å². The fourth-order valence-electron chi connectivity index (χ4n) is 1.33. The quantitative estimate of drug-likeness (QED) is 0.622. The lowest BCUT2D eigenvalue weighted by atomic mass is 10.4. The van der Waals surface area contributed by atoms with E-state index in [0.717, 1.165) is 10.2 Å². The van der Waals surface area contributed by atoms with Crippen molar-refractivity contribution in [1.29, 1.82) is 0 Å². The van der Waals surface area contributed by atoms with Crippen LogP contribution in [-0.2, 0) is 0 Å². The molecule has 0 aliphatic rings. The molecule has 0 unspecified atom stereocenters. The summed E-state index contributed by atoms with van der Waals surface area (Å²) >= 11 is 7.57. The Morgan fingerprint density at radius 1 is 1.06 bits per heavy atom. The van der Waals surface area contributed by atoms with Gasteiger partial charge in [0, 0.05) is 17.8 Å². The van der Waals surface area contributed by atoms with Crippen molar-refractivity contribution in [1.82, 2.24) is 19.9 Å². The van der Waals surface area contributed by atoms with Gasteiger partial charge >= 0.3 is 0 Å². The van der Waals surface area contributed by atoms with Crippen LogP contribution in [0.3, 0.4) is 0 Å². The third-order valence-corrected chi connectivity index (χ3v) is 3.14. The zero-order valence-corrected chi connectivity index (χ0v) is 9.53. The molecule has 3 aromatic rings. The average Bonchev–Trinajstić information content (AvgIpc) is 2.79. The number of nitrogens with zero attached hydrogens (tertiary/aromatic N) is 4. The van der Waals surface area contributed by atoms with Crippen LogP contribution in [0.25, 0.3) is 21.9 Å². The normalized spacial score (nSPS) is 10.8. The van der Waals surface area contributed by atoms with Crippen LogP contribution in [0.1, 0.15) is 0 Å². The highest BCUT2D eigenvalue weighted by molar-refractivity contribution is 7.16. The Balaban J connectivity index is 2.25. The summed E-state index contributed by atoms with van der Waals surface area (Å²) in [6, 6.07) is 3.65. The molecule has 0 spiro atoms. The van der Waals surface area contributed by atoms with Crippen LogP contribution in [-0.4, -0.2) is 19.9 Å². The minimum Gasteiger partial charge on any atom is -0.234 e. The number of aromatic nitrogens is 4. The molecular formula is C10H5ClN4S. The first kappa shape index (κ1) is 9.62. The topological polar surface area (TPSA) is 51.6 Å². The maximum Gasteiger partial charge on any atom is 0.200 e. The summed E-state index contributed by atoms with van der Waals surface area (Å²) in [5.41, 5.74) is 0. The Morgan fingerprint density at radius 2 is 1.88 bits per heavy atom.